The van der Waals surface area contributed by atoms with Gasteiger partial charge in [0.25, 0.3) is 0 Å². The summed E-state index contributed by atoms with van der Waals surface area (Å²) in [6.07, 6.45) is 1.39. The Bertz CT molecular complexity index is 847. The highest BCUT2D eigenvalue weighted by molar-refractivity contribution is 5.82. The molecule has 0 spiro atoms. The van der Waals surface area contributed by atoms with E-state index in [9.17, 15) is 5.11 Å². The van der Waals surface area contributed by atoms with Crippen molar-refractivity contribution in [3.8, 4) is 17.4 Å². The molecule has 6 heteroatoms. The maximum atomic E-state index is 9.87. The molecule has 0 unspecified atom stereocenters. The summed E-state index contributed by atoms with van der Waals surface area (Å²) in [6, 6.07) is 9.53. The van der Waals surface area contributed by atoms with Crippen LogP contribution in [-0.2, 0) is 0 Å². The van der Waals surface area contributed by atoms with Gasteiger partial charge in [-0.1, -0.05) is 17.7 Å². The summed E-state index contributed by atoms with van der Waals surface area (Å²) in [6.45, 7) is 5.74. The van der Waals surface area contributed by atoms with Crippen molar-refractivity contribution in [1.82, 2.24) is 15.0 Å². The Hall–Kier alpha value is -3.02. The summed E-state index contributed by atoms with van der Waals surface area (Å²) in [5, 5.41) is 9.87. The first-order valence-electron chi connectivity index (χ1n) is 7.14. The van der Waals surface area contributed by atoms with Crippen LogP contribution in [0.15, 0.2) is 39.7 Å². The van der Waals surface area contributed by atoms with E-state index in [-0.39, 0.29) is 11.6 Å². The highest BCUT2D eigenvalue weighted by Gasteiger charge is 2.12. The van der Waals surface area contributed by atoms with Gasteiger partial charge >= 0.3 is 5.95 Å². The first-order valence-corrected chi connectivity index (χ1v) is 7.14. The van der Waals surface area contributed by atoms with E-state index in [4.69, 9.17) is 4.42 Å². The Balaban J connectivity index is 1.89. The molecule has 6 nitrogen and oxygen atoms in total. The second-order valence-corrected chi connectivity index (χ2v) is 5.28. The summed E-state index contributed by atoms with van der Waals surface area (Å²) >= 11 is 0. The van der Waals surface area contributed by atoms with Crippen molar-refractivity contribution in [2.45, 2.75) is 20.8 Å². The van der Waals surface area contributed by atoms with Gasteiger partial charge in [0.2, 0.25) is 11.8 Å². The maximum Gasteiger partial charge on any atom is 0.312 e. The summed E-state index contributed by atoms with van der Waals surface area (Å²) in [5.41, 5.74) is 3.82. The predicted octanol–water partition coefficient (Wildman–Crippen LogP) is 3.51. The van der Waals surface area contributed by atoms with Gasteiger partial charge in [0, 0.05) is 17.0 Å². The number of aromatic nitrogens is 3. The Labute approximate surface area is 133 Å². The first kappa shape index (κ1) is 14.9. The molecule has 0 atom stereocenters. The Morgan fingerprint density at radius 2 is 1.65 bits per heavy atom. The third kappa shape index (κ3) is 3.42. The zero-order valence-corrected chi connectivity index (χ0v) is 13.1. The van der Waals surface area contributed by atoms with Gasteiger partial charge in [0.15, 0.2) is 5.69 Å². The fourth-order valence-corrected chi connectivity index (χ4v) is 2.11. The van der Waals surface area contributed by atoms with Gasteiger partial charge in [0.1, 0.15) is 0 Å². The predicted molar refractivity (Wildman–Crippen MR) is 87.1 cm³/mol. The topological polar surface area (TPSA) is 84.4 Å². The molecule has 0 aliphatic heterocycles. The lowest BCUT2D eigenvalue weighted by molar-refractivity contribution is 0.337. The minimum Gasteiger partial charge on any atom is -0.479 e. The second kappa shape index (κ2) is 6.00. The summed E-state index contributed by atoms with van der Waals surface area (Å²) in [4.78, 5) is 16.8. The molecule has 0 radical (unpaired) electrons. The summed E-state index contributed by atoms with van der Waals surface area (Å²) in [7, 11) is 0. The highest BCUT2D eigenvalue weighted by Crippen LogP contribution is 2.25. The molecule has 1 aromatic carbocycles. The fourth-order valence-electron chi connectivity index (χ4n) is 2.11. The average molecular weight is 308 g/mol. The van der Waals surface area contributed by atoms with Gasteiger partial charge in [-0.2, -0.15) is 0 Å². The van der Waals surface area contributed by atoms with E-state index in [0.717, 1.165) is 22.5 Å². The minimum absolute atomic E-state index is 0.239. The lowest BCUT2D eigenvalue weighted by atomic mass is 10.1. The van der Waals surface area contributed by atoms with Crippen molar-refractivity contribution in [2.24, 2.45) is 4.99 Å². The number of hydrogen-bond acceptors (Lipinski definition) is 6. The first-order chi connectivity index (χ1) is 11.0. The van der Waals surface area contributed by atoms with E-state index in [2.05, 4.69) is 19.9 Å². The van der Waals surface area contributed by atoms with E-state index in [1.54, 1.807) is 0 Å². The molecule has 0 bridgehead atoms. The Morgan fingerprint density at radius 3 is 2.30 bits per heavy atom. The monoisotopic (exact) mass is 308 g/mol. The van der Waals surface area contributed by atoms with Crippen LogP contribution in [0.5, 0.6) is 5.95 Å². The number of aromatic hydroxyl groups is 1. The molecule has 0 aliphatic carbocycles. The van der Waals surface area contributed by atoms with Gasteiger partial charge in [-0.25, -0.2) is 19.9 Å². The lowest BCUT2D eigenvalue weighted by Crippen LogP contribution is -1.90. The molecule has 2 aromatic heterocycles. The minimum atomic E-state index is -0.284. The maximum absolute atomic E-state index is 9.87. The number of hydrogen-bond donors (Lipinski definition) is 1. The average Bonchev–Trinajstić information content (AvgIpc) is 2.86. The highest BCUT2D eigenvalue weighted by atomic mass is 16.5. The zero-order valence-electron chi connectivity index (χ0n) is 13.1. The fraction of sp³-hybridized carbons (Fsp3) is 0.176. The van der Waals surface area contributed by atoms with Crippen molar-refractivity contribution < 1.29 is 9.52 Å². The Morgan fingerprint density at radius 1 is 1.00 bits per heavy atom. The second-order valence-electron chi connectivity index (χ2n) is 5.28. The third-order valence-electron chi connectivity index (χ3n) is 3.21. The molecule has 23 heavy (non-hydrogen) atoms. The van der Waals surface area contributed by atoms with Crippen LogP contribution in [-0.4, -0.2) is 26.3 Å². The van der Waals surface area contributed by atoms with Crippen LogP contribution in [0.2, 0.25) is 0 Å². The molecule has 116 valence electrons. The molecule has 0 fully saturated rings. The summed E-state index contributed by atoms with van der Waals surface area (Å²) < 4.78 is 5.29. The molecule has 3 aromatic rings. The van der Waals surface area contributed by atoms with Crippen LogP contribution in [0.4, 0.5) is 5.95 Å². The van der Waals surface area contributed by atoms with Crippen molar-refractivity contribution in [3.05, 3.63) is 53.0 Å². The van der Waals surface area contributed by atoms with Crippen LogP contribution in [0, 0.1) is 20.8 Å². The largest absolute Gasteiger partial charge is 0.479 e. The van der Waals surface area contributed by atoms with Crippen LogP contribution in [0.25, 0.3) is 11.5 Å². The molecule has 0 saturated carbocycles. The van der Waals surface area contributed by atoms with Crippen molar-refractivity contribution in [3.63, 3.8) is 0 Å². The standard InChI is InChI=1S/C17H16N4O2/c1-10-4-6-13(7-5-10)15-21-14(16(22)23-15)9-18-17-19-11(2)8-12(3)20-17/h4-9,22H,1-3H3/b18-9+. The third-order valence-corrected chi connectivity index (χ3v) is 3.21. The van der Waals surface area contributed by atoms with Gasteiger partial charge in [-0.15, -0.1) is 0 Å². The van der Waals surface area contributed by atoms with Crippen molar-refractivity contribution in [1.29, 1.82) is 0 Å². The lowest BCUT2D eigenvalue weighted by Gasteiger charge is -1.96. The van der Waals surface area contributed by atoms with Gasteiger partial charge < -0.3 is 9.52 Å². The van der Waals surface area contributed by atoms with E-state index in [1.165, 1.54) is 6.21 Å². The van der Waals surface area contributed by atoms with Crippen molar-refractivity contribution >= 4 is 12.2 Å². The molecule has 3 rings (SSSR count). The van der Waals surface area contributed by atoms with Crippen LogP contribution < -0.4 is 0 Å². The SMILES string of the molecule is Cc1ccc(-c2nc(/C=N/c3nc(C)cc(C)n3)c(O)o2)cc1. The number of rotatable bonds is 3. The van der Waals surface area contributed by atoms with Gasteiger partial charge in [-0.05, 0) is 39.0 Å². The molecular weight excluding hydrogens is 292 g/mol. The van der Waals surface area contributed by atoms with Crippen LogP contribution >= 0.6 is 0 Å². The zero-order chi connectivity index (χ0) is 16.4. The van der Waals surface area contributed by atoms with Gasteiger partial charge in [-0.3, -0.25) is 0 Å². The number of oxazole rings is 1. The van der Waals surface area contributed by atoms with Gasteiger partial charge in [0.05, 0.1) is 6.21 Å². The molecule has 0 saturated heterocycles. The number of aliphatic imine (C=N–C) groups is 1. The molecule has 0 amide bonds. The smallest absolute Gasteiger partial charge is 0.312 e. The quantitative estimate of drug-likeness (QED) is 0.748. The number of benzene rings is 1. The van der Waals surface area contributed by atoms with Crippen LogP contribution in [0.3, 0.4) is 0 Å². The van der Waals surface area contributed by atoms with E-state index in [1.807, 2.05) is 51.1 Å². The summed E-state index contributed by atoms with van der Waals surface area (Å²) in [5.74, 6) is 0.376. The molecular formula is C17H16N4O2. The molecule has 0 aliphatic rings. The van der Waals surface area contributed by atoms with Crippen molar-refractivity contribution in [2.75, 3.05) is 0 Å². The van der Waals surface area contributed by atoms with E-state index in [0.29, 0.717) is 11.8 Å². The van der Waals surface area contributed by atoms with E-state index >= 15 is 0 Å². The normalized spacial score (nSPS) is 11.3. The van der Waals surface area contributed by atoms with Crippen LogP contribution in [0.1, 0.15) is 22.6 Å². The molecule has 2 heterocycles. The Kier molecular flexibility index (Phi) is 3.89. The van der Waals surface area contributed by atoms with E-state index < -0.39 is 0 Å². The number of nitrogens with zero attached hydrogens (tertiary/aromatic N) is 4. The number of aryl methyl sites for hydroxylation is 3. The molecule has 1 N–H and O–H groups in total.